The van der Waals surface area contributed by atoms with E-state index in [4.69, 9.17) is 0 Å². The Balaban J connectivity index is 1.58. The van der Waals surface area contributed by atoms with E-state index in [2.05, 4.69) is 9.97 Å². The average Bonchev–Trinajstić information content (AvgIpc) is 2.96. The number of hydrogen-bond donors (Lipinski definition) is 1. The summed E-state index contributed by atoms with van der Waals surface area (Å²) in [5.74, 6) is 0.546. The minimum Gasteiger partial charge on any atom is -0.342 e. The lowest BCUT2D eigenvalue weighted by atomic mass is 10.2. The Morgan fingerprint density at radius 3 is 3.04 bits per heavy atom. The van der Waals surface area contributed by atoms with E-state index in [0.29, 0.717) is 29.0 Å². The van der Waals surface area contributed by atoms with E-state index in [0.717, 1.165) is 25.8 Å². The third-order valence-corrected chi connectivity index (χ3v) is 5.35. The number of likely N-dealkylation sites (tertiary alicyclic amines) is 1. The van der Waals surface area contributed by atoms with Crippen molar-refractivity contribution >= 4 is 33.4 Å². The van der Waals surface area contributed by atoms with Crippen LogP contribution in [0.2, 0.25) is 0 Å². The average molecular weight is 362 g/mol. The molecule has 7 nitrogen and oxygen atoms in total. The Bertz CT molecular complexity index is 829. The van der Waals surface area contributed by atoms with E-state index in [-0.39, 0.29) is 30.3 Å². The zero-order chi connectivity index (χ0) is 17.8. The summed E-state index contributed by atoms with van der Waals surface area (Å²) in [6, 6.07) is 1.80. The molecule has 0 aliphatic carbocycles. The van der Waals surface area contributed by atoms with Crippen molar-refractivity contribution in [1.82, 2.24) is 19.8 Å². The van der Waals surface area contributed by atoms with Gasteiger partial charge in [-0.1, -0.05) is 6.42 Å². The van der Waals surface area contributed by atoms with E-state index in [1.54, 1.807) is 22.9 Å². The van der Waals surface area contributed by atoms with Gasteiger partial charge in [0.05, 0.1) is 12.1 Å². The maximum atomic E-state index is 12.4. The molecule has 1 N–H and O–H groups in total. The summed E-state index contributed by atoms with van der Waals surface area (Å²) in [5.41, 5.74) is 0.478. The second-order valence-electron chi connectivity index (χ2n) is 6.34. The summed E-state index contributed by atoms with van der Waals surface area (Å²) >= 11 is 1.35. The van der Waals surface area contributed by atoms with Gasteiger partial charge in [0.2, 0.25) is 11.8 Å². The van der Waals surface area contributed by atoms with E-state index in [1.165, 1.54) is 11.3 Å². The highest BCUT2D eigenvalue weighted by Crippen LogP contribution is 2.14. The second-order valence-corrected chi connectivity index (χ2v) is 7.25. The van der Waals surface area contributed by atoms with Crippen LogP contribution in [-0.4, -0.2) is 51.7 Å². The third-order valence-electron chi connectivity index (χ3n) is 4.44. The largest absolute Gasteiger partial charge is 0.342 e. The first-order valence-corrected chi connectivity index (χ1v) is 9.40. The van der Waals surface area contributed by atoms with Crippen LogP contribution in [0, 0.1) is 0 Å². The maximum Gasteiger partial charge on any atom is 0.268 e. The van der Waals surface area contributed by atoms with Crippen LogP contribution >= 0.6 is 11.3 Å². The summed E-state index contributed by atoms with van der Waals surface area (Å²) < 4.78 is 0.595. The number of amides is 2. The number of hydrogen-bond acceptors (Lipinski definition) is 5. The number of aromatic amines is 1. The first-order valence-electron chi connectivity index (χ1n) is 8.53. The molecule has 1 saturated heterocycles. The van der Waals surface area contributed by atoms with Crippen LogP contribution in [0.15, 0.2) is 16.2 Å². The standard InChI is InChI=1S/C17H22N4O3S/c1-20(11-13-18-12-7-10-25-16(12)17(24)19-13)14(22)6-9-21-8-4-2-3-5-15(21)23/h7,10H,2-6,8-9,11H2,1H3,(H,18,19,24). The lowest BCUT2D eigenvalue weighted by Crippen LogP contribution is -2.35. The molecule has 1 aliphatic heterocycles. The highest BCUT2D eigenvalue weighted by Gasteiger charge is 2.19. The van der Waals surface area contributed by atoms with E-state index in [1.807, 2.05) is 5.38 Å². The Morgan fingerprint density at radius 1 is 1.36 bits per heavy atom. The van der Waals surface area contributed by atoms with E-state index < -0.39 is 0 Å². The monoisotopic (exact) mass is 362 g/mol. The van der Waals surface area contributed by atoms with Crippen molar-refractivity contribution in [3.63, 3.8) is 0 Å². The normalized spacial score (nSPS) is 15.4. The maximum absolute atomic E-state index is 12.4. The molecule has 2 amide bonds. The molecular weight excluding hydrogens is 340 g/mol. The molecule has 1 aliphatic rings. The number of fused-ring (bicyclic) bond motifs is 1. The predicted molar refractivity (Wildman–Crippen MR) is 96.4 cm³/mol. The summed E-state index contributed by atoms with van der Waals surface area (Å²) in [5, 5.41) is 1.82. The quantitative estimate of drug-likeness (QED) is 0.878. The van der Waals surface area contributed by atoms with Gasteiger partial charge in [0.15, 0.2) is 0 Å². The van der Waals surface area contributed by atoms with Crippen LogP contribution in [0.25, 0.3) is 10.2 Å². The Hall–Kier alpha value is -2.22. The van der Waals surface area contributed by atoms with Crippen molar-refractivity contribution < 1.29 is 9.59 Å². The van der Waals surface area contributed by atoms with E-state index in [9.17, 15) is 14.4 Å². The van der Waals surface area contributed by atoms with Gasteiger partial charge in [-0.05, 0) is 24.3 Å². The number of carbonyl (C=O) groups is 2. The van der Waals surface area contributed by atoms with Gasteiger partial charge >= 0.3 is 0 Å². The SMILES string of the molecule is CN(Cc1nc2ccsc2c(=O)[nH]1)C(=O)CCN1CCCCCC1=O. The minimum atomic E-state index is -0.175. The first-order chi connectivity index (χ1) is 12.0. The van der Waals surface area contributed by atoms with E-state index >= 15 is 0 Å². The highest BCUT2D eigenvalue weighted by molar-refractivity contribution is 7.17. The van der Waals surface area contributed by atoms with Gasteiger partial charge in [0.25, 0.3) is 5.56 Å². The Kier molecular flexibility index (Phi) is 5.47. The second kappa shape index (κ2) is 7.77. The zero-order valence-corrected chi connectivity index (χ0v) is 15.1. The fraction of sp³-hybridized carbons (Fsp3) is 0.529. The number of H-pyrrole nitrogens is 1. The topological polar surface area (TPSA) is 86.4 Å². The molecule has 1 fully saturated rings. The summed E-state index contributed by atoms with van der Waals surface area (Å²) in [6.07, 6.45) is 3.87. The van der Waals surface area contributed by atoms with Crippen LogP contribution in [0.1, 0.15) is 37.9 Å². The third kappa shape index (κ3) is 4.25. The van der Waals surface area contributed by atoms with Gasteiger partial charge in [0.1, 0.15) is 10.5 Å². The Morgan fingerprint density at radius 2 is 2.20 bits per heavy atom. The van der Waals surface area contributed by atoms with Gasteiger partial charge in [0, 0.05) is 33.0 Å². The number of nitrogens with one attached hydrogen (secondary N) is 1. The molecular formula is C17H22N4O3S. The van der Waals surface area contributed by atoms with Gasteiger partial charge < -0.3 is 14.8 Å². The first kappa shape index (κ1) is 17.6. The molecule has 2 aromatic heterocycles. The van der Waals surface area contributed by atoms with Crippen molar-refractivity contribution in [2.45, 2.75) is 38.6 Å². The number of aromatic nitrogens is 2. The fourth-order valence-electron chi connectivity index (χ4n) is 3.01. The van der Waals surface area contributed by atoms with Crippen molar-refractivity contribution in [3.05, 3.63) is 27.6 Å². The van der Waals surface area contributed by atoms with Gasteiger partial charge in [-0.3, -0.25) is 14.4 Å². The molecule has 0 bridgehead atoms. The summed E-state index contributed by atoms with van der Waals surface area (Å²) in [7, 11) is 1.68. The van der Waals surface area contributed by atoms with Crippen molar-refractivity contribution in [2.75, 3.05) is 20.1 Å². The number of rotatable bonds is 5. The van der Waals surface area contributed by atoms with Crippen LogP contribution in [0.5, 0.6) is 0 Å². The molecule has 25 heavy (non-hydrogen) atoms. The number of nitrogens with zero attached hydrogens (tertiary/aromatic N) is 3. The van der Waals surface area contributed by atoms with Crippen LogP contribution < -0.4 is 5.56 Å². The lowest BCUT2D eigenvalue weighted by Gasteiger charge is -2.22. The highest BCUT2D eigenvalue weighted by atomic mass is 32.1. The van der Waals surface area contributed by atoms with Gasteiger partial charge in [-0.2, -0.15) is 0 Å². The van der Waals surface area contributed by atoms with Gasteiger partial charge in [-0.15, -0.1) is 11.3 Å². The molecule has 0 radical (unpaired) electrons. The zero-order valence-electron chi connectivity index (χ0n) is 14.3. The Labute approximate surface area is 149 Å². The summed E-state index contributed by atoms with van der Waals surface area (Å²) in [4.78, 5) is 46.8. The smallest absolute Gasteiger partial charge is 0.268 e. The van der Waals surface area contributed by atoms with Crippen LogP contribution in [0.3, 0.4) is 0 Å². The lowest BCUT2D eigenvalue weighted by molar-refractivity contribution is -0.133. The molecule has 0 saturated carbocycles. The minimum absolute atomic E-state index is 0.0647. The van der Waals surface area contributed by atoms with Crippen molar-refractivity contribution in [1.29, 1.82) is 0 Å². The molecule has 0 aromatic carbocycles. The molecule has 3 heterocycles. The molecule has 0 unspecified atom stereocenters. The summed E-state index contributed by atoms with van der Waals surface area (Å²) in [6.45, 7) is 1.43. The predicted octanol–water partition coefficient (Wildman–Crippen LogP) is 1.74. The molecule has 3 rings (SSSR count). The fourth-order valence-corrected chi connectivity index (χ4v) is 3.73. The van der Waals surface area contributed by atoms with Crippen molar-refractivity contribution in [3.8, 4) is 0 Å². The molecule has 0 spiro atoms. The van der Waals surface area contributed by atoms with Crippen LogP contribution in [-0.2, 0) is 16.1 Å². The van der Waals surface area contributed by atoms with Crippen LogP contribution in [0.4, 0.5) is 0 Å². The van der Waals surface area contributed by atoms with Crippen molar-refractivity contribution in [2.24, 2.45) is 0 Å². The molecule has 8 heteroatoms. The van der Waals surface area contributed by atoms with Gasteiger partial charge in [-0.25, -0.2) is 4.98 Å². The molecule has 2 aromatic rings. The number of carbonyl (C=O) groups excluding carboxylic acids is 2. The molecule has 0 atom stereocenters. The molecule has 134 valence electrons. The number of thiophene rings is 1.